The Morgan fingerprint density at radius 3 is 2.90 bits per heavy atom. The van der Waals surface area contributed by atoms with Crippen molar-refractivity contribution in [2.24, 2.45) is 0 Å². The highest BCUT2D eigenvalue weighted by Crippen LogP contribution is 2.14. The second-order valence-corrected chi connectivity index (χ2v) is 4.55. The van der Waals surface area contributed by atoms with Crippen molar-refractivity contribution in [2.75, 3.05) is 0 Å². The Hall–Kier alpha value is -2.19. The zero-order chi connectivity index (χ0) is 14.7. The standard InChI is InChI=1S/C14H11ClFN3O/c1-2-12-18-11(15)6-13(20)19(12)8-10-5-3-4-9(7-17)14(10)16/h3-6H,2,8H2,1H3. The van der Waals surface area contributed by atoms with Gasteiger partial charge in [0.25, 0.3) is 5.56 Å². The van der Waals surface area contributed by atoms with Gasteiger partial charge in [-0.25, -0.2) is 9.37 Å². The van der Waals surface area contributed by atoms with E-state index in [-0.39, 0.29) is 28.4 Å². The minimum atomic E-state index is -0.612. The summed E-state index contributed by atoms with van der Waals surface area (Å²) < 4.78 is 15.4. The lowest BCUT2D eigenvalue weighted by Crippen LogP contribution is -2.25. The number of hydrogen-bond acceptors (Lipinski definition) is 3. The summed E-state index contributed by atoms with van der Waals surface area (Å²) in [6.07, 6.45) is 0.495. The fourth-order valence-corrected chi connectivity index (χ4v) is 2.11. The molecule has 0 aliphatic heterocycles. The lowest BCUT2D eigenvalue weighted by molar-refractivity contribution is 0.582. The molecule has 0 fully saturated rings. The average Bonchev–Trinajstić information content (AvgIpc) is 2.43. The maximum absolute atomic E-state index is 14.0. The van der Waals surface area contributed by atoms with Crippen LogP contribution in [0.4, 0.5) is 4.39 Å². The summed E-state index contributed by atoms with van der Waals surface area (Å²) in [5, 5.41) is 8.93. The molecule has 0 aliphatic rings. The Bertz CT molecular complexity index is 749. The van der Waals surface area contributed by atoms with Gasteiger partial charge in [0.2, 0.25) is 0 Å². The van der Waals surface area contributed by atoms with E-state index in [2.05, 4.69) is 4.98 Å². The van der Waals surface area contributed by atoms with Crippen molar-refractivity contribution in [1.29, 1.82) is 5.26 Å². The number of aromatic nitrogens is 2. The van der Waals surface area contributed by atoms with E-state index in [1.54, 1.807) is 12.1 Å². The first kappa shape index (κ1) is 14.2. The van der Waals surface area contributed by atoms with Gasteiger partial charge in [-0.15, -0.1) is 0 Å². The van der Waals surface area contributed by atoms with Gasteiger partial charge in [0.1, 0.15) is 22.9 Å². The summed E-state index contributed by atoms with van der Waals surface area (Å²) >= 11 is 5.74. The fraction of sp³-hybridized carbons (Fsp3) is 0.214. The predicted molar refractivity (Wildman–Crippen MR) is 73.1 cm³/mol. The van der Waals surface area contributed by atoms with Crippen molar-refractivity contribution in [3.8, 4) is 6.07 Å². The third-order valence-electron chi connectivity index (χ3n) is 2.90. The molecular formula is C14H11ClFN3O. The second-order valence-electron chi connectivity index (χ2n) is 4.16. The third-order valence-corrected chi connectivity index (χ3v) is 3.09. The molecule has 102 valence electrons. The van der Waals surface area contributed by atoms with Gasteiger partial charge in [-0.1, -0.05) is 30.7 Å². The zero-order valence-electron chi connectivity index (χ0n) is 10.7. The molecule has 0 saturated heterocycles. The largest absolute Gasteiger partial charge is 0.292 e. The van der Waals surface area contributed by atoms with Gasteiger partial charge in [0.15, 0.2) is 0 Å². The molecule has 1 aromatic heterocycles. The highest BCUT2D eigenvalue weighted by Gasteiger charge is 2.12. The maximum Gasteiger partial charge on any atom is 0.255 e. The van der Waals surface area contributed by atoms with Crippen LogP contribution in [0.5, 0.6) is 0 Å². The molecule has 0 radical (unpaired) electrons. The van der Waals surface area contributed by atoms with Crippen molar-refractivity contribution in [3.63, 3.8) is 0 Å². The lowest BCUT2D eigenvalue weighted by Gasteiger charge is -2.11. The van der Waals surface area contributed by atoms with Gasteiger partial charge in [0.05, 0.1) is 12.1 Å². The Balaban J connectivity index is 2.51. The van der Waals surface area contributed by atoms with Crippen molar-refractivity contribution < 1.29 is 4.39 Å². The van der Waals surface area contributed by atoms with E-state index in [0.717, 1.165) is 0 Å². The molecule has 0 spiro atoms. The summed E-state index contributed by atoms with van der Waals surface area (Å²) in [6.45, 7) is 1.85. The van der Waals surface area contributed by atoms with Crippen LogP contribution in [0, 0.1) is 17.1 Å². The molecule has 0 N–H and O–H groups in total. The van der Waals surface area contributed by atoms with Gasteiger partial charge in [-0.2, -0.15) is 5.26 Å². The van der Waals surface area contributed by atoms with E-state index in [9.17, 15) is 9.18 Å². The highest BCUT2D eigenvalue weighted by atomic mass is 35.5. The van der Waals surface area contributed by atoms with Gasteiger partial charge in [-0.05, 0) is 6.07 Å². The summed E-state index contributed by atoms with van der Waals surface area (Å²) in [6, 6.07) is 7.47. The number of rotatable bonds is 3. The molecule has 0 aliphatic carbocycles. The minimum absolute atomic E-state index is 0.0214. The molecule has 20 heavy (non-hydrogen) atoms. The van der Waals surface area contributed by atoms with Crippen LogP contribution in [0.15, 0.2) is 29.1 Å². The third kappa shape index (κ3) is 2.70. The summed E-state index contributed by atoms with van der Waals surface area (Å²) in [4.78, 5) is 16.0. The van der Waals surface area contributed by atoms with Crippen LogP contribution in [0.3, 0.4) is 0 Å². The van der Waals surface area contributed by atoms with Crippen LogP contribution in [-0.4, -0.2) is 9.55 Å². The molecule has 1 aromatic carbocycles. The molecule has 2 aromatic rings. The van der Waals surface area contributed by atoms with E-state index in [1.807, 2.05) is 6.92 Å². The van der Waals surface area contributed by atoms with Crippen molar-refractivity contribution >= 4 is 11.6 Å². The fourth-order valence-electron chi connectivity index (χ4n) is 1.92. The van der Waals surface area contributed by atoms with E-state index in [4.69, 9.17) is 16.9 Å². The smallest absolute Gasteiger partial charge is 0.255 e. The molecule has 1 heterocycles. The zero-order valence-corrected chi connectivity index (χ0v) is 11.5. The topological polar surface area (TPSA) is 58.7 Å². The van der Waals surface area contributed by atoms with Gasteiger partial charge in [-0.3, -0.25) is 9.36 Å². The molecule has 0 atom stereocenters. The number of nitrogens with zero attached hydrogens (tertiary/aromatic N) is 3. The SMILES string of the molecule is CCc1nc(Cl)cc(=O)n1Cc1cccc(C#N)c1F. The molecular weight excluding hydrogens is 281 g/mol. The number of halogens is 2. The normalized spacial score (nSPS) is 10.3. The van der Waals surface area contributed by atoms with Gasteiger partial charge in [0, 0.05) is 18.1 Å². The predicted octanol–water partition coefficient (Wildman–Crippen LogP) is 2.52. The van der Waals surface area contributed by atoms with Crippen LogP contribution < -0.4 is 5.56 Å². The summed E-state index contributed by atoms with van der Waals surface area (Å²) in [5.74, 6) is -0.136. The molecule has 2 rings (SSSR count). The number of hydrogen-bond donors (Lipinski definition) is 0. The summed E-state index contributed by atoms with van der Waals surface area (Å²) in [5.41, 5.74) is -0.121. The lowest BCUT2D eigenvalue weighted by atomic mass is 10.1. The van der Waals surface area contributed by atoms with E-state index >= 15 is 0 Å². The first-order valence-electron chi connectivity index (χ1n) is 6.00. The molecule has 0 saturated carbocycles. The van der Waals surface area contributed by atoms with Crippen molar-refractivity contribution in [1.82, 2.24) is 9.55 Å². The van der Waals surface area contributed by atoms with Crippen LogP contribution in [0.1, 0.15) is 23.9 Å². The Morgan fingerprint density at radius 1 is 1.50 bits per heavy atom. The Kier molecular flexibility index (Phi) is 4.16. The minimum Gasteiger partial charge on any atom is -0.292 e. The molecule has 0 bridgehead atoms. The maximum atomic E-state index is 14.0. The molecule has 0 amide bonds. The second kappa shape index (κ2) is 5.85. The van der Waals surface area contributed by atoms with Crippen LogP contribution in [0.2, 0.25) is 5.15 Å². The number of nitriles is 1. The molecule has 0 unspecified atom stereocenters. The Labute approximate surface area is 120 Å². The van der Waals surface area contributed by atoms with Crippen molar-refractivity contribution in [2.45, 2.75) is 19.9 Å². The quantitative estimate of drug-likeness (QED) is 0.817. The average molecular weight is 292 g/mol. The van der Waals surface area contributed by atoms with Crippen LogP contribution in [0.25, 0.3) is 0 Å². The Morgan fingerprint density at radius 2 is 2.25 bits per heavy atom. The van der Waals surface area contributed by atoms with Crippen LogP contribution in [-0.2, 0) is 13.0 Å². The molecule has 6 heteroatoms. The van der Waals surface area contributed by atoms with Gasteiger partial charge >= 0.3 is 0 Å². The monoisotopic (exact) mass is 291 g/mol. The molecule has 4 nitrogen and oxygen atoms in total. The first-order chi connectivity index (χ1) is 9.56. The van der Waals surface area contributed by atoms with Crippen molar-refractivity contribution in [3.05, 3.63) is 62.5 Å². The van der Waals surface area contributed by atoms with E-state index < -0.39 is 5.82 Å². The van der Waals surface area contributed by atoms with Gasteiger partial charge < -0.3 is 0 Å². The van der Waals surface area contributed by atoms with E-state index in [1.165, 1.54) is 22.8 Å². The number of aryl methyl sites for hydroxylation is 1. The summed E-state index contributed by atoms with van der Waals surface area (Å²) in [7, 11) is 0. The van der Waals surface area contributed by atoms with E-state index in [0.29, 0.717) is 12.2 Å². The highest BCUT2D eigenvalue weighted by molar-refractivity contribution is 6.29. The number of benzene rings is 1. The van der Waals surface area contributed by atoms with Crippen LogP contribution >= 0.6 is 11.6 Å². The first-order valence-corrected chi connectivity index (χ1v) is 6.38.